The number of benzene rings is 2. The van der Waals surface area contributed by atoms with Gasteiger partial charge in [-0.3, -0.25) is 4.79 Å². The molecule has 118 valence electrons. The second kappa shape index (κ2) is 4.76. The molecule has 0 saturated carbocycles. The average molecular weight is 383 g/mol. The molecule has 4 rings (SSSR count). The monoisotopic (exact) mass is 382 g/mol. The van der Waals surface area contributed by atoms with Crippen molar-refractivity contribution in [1.29, 1.82) is 5.26 Å². The van der Waals surface area contributed by atoms with E-state index in [2.05, 4.69) is 27.3 Å². The Morgan fingerprint density at radius 2 is 1.96 bits per heavy atom. The number of nitrogens with zero attached hydrogens (tertiary/aromatic N) is 1. The van der Waals surface area contributed by atoms with Crippen molar-refractivity contribution in [2.24, 2.45) is 5.73 Å². The van der Waals surface area contributed by atoms with Crippen molar-refractivity contribution >= 4 is 33.2 Å². The van der Waals surface area contributed by atoms with E-state index >= 15 is 0 Å². The molecule has 2 aliphatic rings. The molecule has 1 spiro atoms. The van der Waals surface area contributed by atoms with Gasteiger partial charge >= 0.3 is 0 Å². The van der Waals surface area contributed by atoms with Gasteiger partial charge in [0.2, 0.25) is 11.8 Å². The lowest BCUT2D eigenvalue weighted by molar-refractivity contribution is -0.118. The van der Waals surface area contributed by atoms with Gasteiger partial charge in [0.25, 0.3) is 0 Å². The molecular weight excluding hydrogens is 372 g/mol. The Hall–Kier alpha value is -2.98. The summed E-state index contributed by atoms with van der Waals surface area (Å²) in [6.07, 6.45) is 0. The van der Waals surface area contributed by atoms with Crippen molar-refractivity contribution in [1.82, 2.24) is 0 Å². The molecule has 0 aromatic heterocycles. The minimum atomic E-state index is -1.35. The summed E-state index contributed by atoms with van der Waals surface area (Å²) >= 11 is 3.42. The van der Waals surface area contributed by atoms with Crippen molar-refractivity contribution in [3.05, 3.63) is 63.5 Å². The molecule has 2 aliphatic heterocycles. The van der Waals surface area contributed by atoms with E-state index in [-0.39, 0.29) is 17.4 Å². The lowest BCUT2D eigenvalue weighted by Gasteiger charge is -2.33. The van der Waals surface area contributed by atoms with Gasteiger partial charge in [0.15, 0.2) is 0 Å². The van der Waals surface area contributed by atoms with Crippen molar-refractivity contribution in [3.63, 3.8) is 0 Å². The van der Waals surface area contributed by atoms with Crippen LogP contribution in [0.3, 0.4) is 0 Å². The van der Waals surface area contributed by atoms with Gasteiger partial charge in [-0.15, -0.1) is 0 Å². The highest BCUT2D eigenvalue weighted by Gasteiger charge is 2.56. The second-order valence-corrected chi connectivity index (χ2v) is 6.52. The smallest absolute Gasteiger partial charge is 0.245 e. The maximum atomic E-state index is 13.0. The zero-order valence-electron chi connectivity index (χ0n) is 12.3. The first-order valence-electron chi connectivity index (χ1n) is 7.08. The number of nitrogens with two attached hydrogens (primary N) is 2. The molecule has 2 aromatic carbocycles. The number of carbonyl (C=O) groups excluding carboxylic acids is 1. The fourth-order valence-corrected chi connectivity index (χ4v) is 3.71. The lowest BCUT2D eigenvalue weighted by atomic mass is 9.69. The number of anilines is 2. The quantitative estimate of drug-likeness (QED) is 0.605. The van der Waals surface area contributed by atoms with E-state index in [1.807, 2.05) is 12.1 Å². The third-order valence-electron chi connectivity index (χ3n) is 4.34. The fourth-order valence-electron chi connectivity index (χ4n) is 3.35. The molecular formula is C17H11BrN4O2. The number of nitriles is 1. The molecule has 0 bridgehead atoms. The molecule has 5 N–H and O–H groups in total. The number of nitrogen functional groups attached to an aromatic ring is 1. The minimum absolute atomic E-state index is 0.0640. The zero-order chi connectivity index (χ0) is 17.1. The van der Waals surface area contributed by atoms with Gasteiger partial charge in [-0.1, -0.05) is 22.0 Å². The van der Waals surface area contributed by atoms with E-state index in [1.54, 1.807) is 24.3 Å². The molecule has 0 aliphatic carbocycles. The third kappa shape index (κ3) is 1.66. The normalized spacial score (nSPS) is 20.9. The number of halogens is 1. The third-order valence-corrected chi connectivity index (χ3v) is 4.83. The number of nitrogens with one attached hydrogen (secondary N) is 1. The van der Waals surface area contributed by atoms with Crippen LogP contribution in [-0.2, 0) is 10.2 Å². The fraction of sp³-hybridized carbons (Fsp3) is 0.0588. The summed E-state index contributed by atoms with van der Waals surface area (Å²) in [6, 6.07) is 12.4. The van der Waals surface area contributed by atoms with E-state index in [9.17, 15) is 10.1 Å². The molecule has 7 heteroatoms. The van der Waals surface area contributed by atoms with Gasteiger partial charge in [0.1, 0.15) is 22.8 Å². The van der Waals surface area contributed by atoms with Crippen LogP contribution in [-0.4, -0.2) is 5.91 Å². The maximum Gasteiger partial charge on any atom is 0.245 e. The number of hydrogen-bond donors (Lipinski definition) is 3. The molecule has 0 fully saturated rings. The number of amides is 1. The minimum Gasteiger partial charge on any atom is -0.440 e. The summed E-state index contributed by atoms with van der Waals surface area (Å²) in [5, 5.41) is 12.5. The Bertz CT molecular complexity index is 993. The predicted octanol–water partition coefficient (Wildman–Crippen LogP) is 2.36. The van der Waals surface area contributed by atoms with Gasteiger partial charge in [-0.05, 0) is 24.3 Å². The highest BCUT2D eigenvalue weighted by molar-refractivity contribution is 9.10. The van der Waals surface area contributed by atoms with Gasteiger partial charge in [0, 0.05) is 33.0 Å². The Labute approximate surface area is 145 Å². The molecule has 1 amide bonds. The summed E-state index contributed by atoms with van der Waals surface area (Å²) in [6.45, 7) is 0. The standard InChI is InChI=1S/C17H11BrN4O2/c18-8-1-4-13-11(5-8)17(16(23)22-13)10-3-2-9(20)6-14(10)24-15(21)12(17)7-19/h1-6H,20-21H2,(H,22,23)/t17-/m0/s1. The first-order chi connectivity index (χ1) is 11.5. The van der Waals surface area contributed by atoms with Crippen molar-refractivity contribution in [3.8, 4) is 11.8 Å². The molecule has 6 nitrogen and oxygen atoms in total. The topological polar surface area (TPSA) is 114 Å². The van der Waals surface area contributed by atoms with E-state index in [0.29, 0.717) is 28.3 Å². The molecule has 0 saturated heterocycles. The van der Waals surface area contributed by atoms with Crippen LogP contribution in [0.5, 0.6) is 5.75 Å². The number of fused-ring (bicyclic) bond motifs is 4. The molecule has 2 aromatic rings. The van der Waals surface area contributed by atoms with Gasteiger partial charge < -0.3 is 21.5 Å². The van der Waals surface area contributed by atoms with Crippen molar-refractivity contribution in [2.45, 2.75) is 5.41 Å². The number of hydrogen-bond acceptors (Lipinski definition) is 5. The van der Waals surface area contributed by atoms with Crippen LogP contribution in [0.2, 0.25) is 0 Å². The highest BCUT2D eigenvalue weighted by Crippen LogP contribution is 2.53. The van der Waals surface area contributed by atoms with Crippen LogP contribution in [0.25, 0.3) is 0 Å². The predicted molar refractivity (Wildman–Crippen MR) is 91.9 cm³/mol. The number of ether oxygens (including phenoxy) is 1. The van der Waals surface area contributed by atoms with E-state index in [1.165, 1.54) is 0 Å². The van der Waals surface area contributed by atoms with Crippen molar-refractivity contribution < 1.29 is 9.53 Å². The molecule has 2 heterocycles. The first-order valence-corrected chi connectivity index (χ1v) is 7.87. The van der Waals surface area contributed by atoms with E-state index in [4.69, 9.17) is 16.2 Å². The summed E-state index contributed by atoms with van der Waals surface area (Å²) in [5.74, 6) is -0.0718. The Morgan fingerprint density at radius 1 is 1.17 bits per heavy atom. The van der Waals surface area contributed by atoms with Crippen LogP contribution in [0.15, 0.2) is 52.3 Å². The van der Waals surface area contributed by atoms with E-state index < -0.39 is 5.41 Å². The van der Waals surface area contributed by atoms with Crippen LogP contribution >= 0.6 is 15.9 Å². The molecule has 24 heavy (non-hydrogen) atoms. The van der Waals surface area contributed by atoms with E-state index in [0.717, 1.165) is 4.47 Å². The van der Waals surface area contributed by atoms with Gasteiger partial charge in [0.05, 0.1) is 0 Å². The number of rotatable bonds is 0. The largest absolute Gasteiger partial charge is 0.440 e. The van der Waals surface area contributed by atoms with Crippen LogP contribution in [0.1, 0.15) is 11.1 Å². The Morgan fingerprint density at radius 3 is 2.71 bits per heavy atom. The molecule has 0 radical (unpaired) electrons. The van der Waals surface area contributed by atoms with Crippen LogP contribution < -0.4 is 21.5 Å². The number of carbonyl (C=O) groups is 1. The SMILES string of the molecule is N#CC1=C(N)Oc2cc(N)ccc2[C@@]12C(=O)Nc1ccc(Br)cc12. The Balaban J connectivity index is 2.16. The first kappa shape index (κ1) is 14.6. The van der Waals surface area contributed by atoms with Crippen LogP contribution in [0, 0.1) is 11.3 Å². The second-order valence-electron chi connectivity index (χ2n) is 5.60. The van der Waals surface area contributed by atoms with Gasteiger partial charge in [-0.2, -0.15) is 5.26 Å². The van der Waals surface area contributed by atoms with Crippen LogP contribution in [0.4, 0.5) is 11.4 Å². The maximum absolute atomic E-state index is 13.0. The summed E-state index contributed by atoms with van der Waals surface area (Å²) in [4.78, 5) is 13.0. The summed E-state index contributed by atoms with van der Waals surface area (Å²) < 4.78 is 6.35. The highest BCUT2D eigenvalue weighted by atomic mass is 79.9. The summed E-state index contributed by atoms with van der Waals surface area (Å²) in [7, 11) is 0. The zero-order valence-corrected chi connectivity index (χ0v) is 13.8. The lowest BCUT2D eigenvalue weighted by Crippen LogP contribution is -2.42. The average Bonchev–Trinajstić information content (AvgIpc) is 2.81. The van der Waals surface area contributed by atoms with Crippen molar-refractivity contribution in [2.75, 3.05) is 11.1 Å². The van der Waals surface area contributed by atoms with Gasteiger partial charge in [-0.25, -0.2) is 0 Å². The molecule has 1 atom stereocenters. The Kier molecular flexibility index (Phi) is 2.89. The molecule has 0 unspecified atom stereocenters. The summed E-state index contributed by atoms with van der Waals surface area (Å²) in [5.41, 5.74) is 12.8.